The third-order valence-electron chi connectivity index (χ3n) is 3.88. The van der Waals surface area contributed by atoms with Crippen LogP contribution < -0.4 is 0 Å². The van der Waals surface area contributed by atoms with E-state index in [1.807, 2.05) is 13.0 Å². The number of hydrogen-bond acceptors (Lipinski definition) is 1. The first kappa shape index (κ1) is 13.8. The molecule has 0 amide bonds. The Bertz CT molecular complexity index is 438. The number of alkyl halides is 3. The van der Waals surface area contributed by atoms with Gasteiger partial charge in [0.2, 0.25) is 0 Å². The highest BCUT2D eigenvalue weighted by Crippen LogP contribution is 2.55. The number of nitrogens with zero attached hydrogens (tertiary/aromatic N) is 1. The SMILES string of the molecule is Cc1cc(CCC2(C(F)(F)F)CCC2)ncc1Br. The molecule has 1 aromatic heterocycles. The Hall–Kier alpha value is -0.580. The molecule has 1 aromatic rings. The average Bonchev–Trinajstić information content (AvgIpc) is 2.19. The van der Waals surface area contributed by atoms with Crippen molar-refractivity contribution in [2.45, 2.75) is 45.2 Å². The smallest absolute Gasteiger partial charge is 0.260 e. The summed E-state index contributed by atoms with van der Waals surface area (Å²) in [6.07, 6.45) is -0.635. The van der Waals surface area contributed by atoms with Crippen molar-refractivity contribution >= 4 is 15.9 Å². The number of pyridine rings is 1. The molecule has 1 fully saturated rings. The summed E-state index contributed by atoms with van der Waals surface area (Å²) >= 11 is 3.33. The van der Waals surface area contributed by atoms with Crippen LogP contribution in [0.3, 0.4) is 0 Å². The Balaban J connectivity index is 2.04. The predicted molar refractivity (Wildman–Crippen MR) is 67.3 cm³/mol. The summed E-state index contributed by atoms with van der Waals surface area (Å²) in [5, 5.41) is 0. The minimum Gasteiger partial charge on any atom is -0.260 e. The fraction of sp³-hybridized carbons (Fsp3) is 0.615. The number of aromatic nitrogens is 1. The van der Waals surface area contributed by atoms with Gasteiger partial charge in [0, 0.05) is 16.4 Å². The van der Waals surface area contributed by atoms with Crippen molar-refractivity contribution in [1.29, 1.82) is 0 Å². The maximum atomic E-state index is 13.0. The Morgan fingerprint density at radius 3 is 2.50 bits per heavy atom. The highest BCUT2D eigenvalue weighted by atomic mass is 79.9. The van der Waals surface area contributed by atoms with E-state index in [0.29, 0.717) is 12.8 Å². The van der Waals surface area contributed by atoms with Crippen LogP contribution >= 0.6 is 15.9 Å². The molecule has 1 aliphatic rings. The highest BCUT2D eigenvalue weighted by molar-refractivity contribution is 9.10. The van der Waals surface area contributed by atoms with Gasteiger partial charge >= 0.3 is 6.18 Å². The normalized spacial score (nSPS) is 18.5. The molecule has 2 rings (SSSR count). The van der Waals surface area contributed by atoms with E-state index in [2.05, 4.69) is 20.9 Å². The van der Waals surface area contributed by atoms with Crippen molar-refractivity contribution in [1.82, 2.24) is 4.98 Å². The van der Waals surface area contributed by atoms with Gasteiger partial charge in [-0.3, -0.25) is 4.98 Å². The van der Waals surface area contributed by atoms with E-state index in [9.17, 15) is 13.2 Å². The van der Waals surface area contributed by atoms with E-state index in [0.717, 1.165) is 15.7 Å². The molecule has 1 heterocycles. The number of aryl methyl sites for hydroxylation is 2. The zero-order valence-electron chi connectivity index (χ0n) is 10.1. The lowest BCUT2D eigenvalue weighted by Gasteiger charge is -2.43. The summed E-state index contributed by atoms with van der Waals surface area (Å²) in [6, 6.07) is 1.85. The zero-order valence-corrected chi connectivity index (χ0v) is 11.7. The molecule has 0 spiro atoms. The Morgan fingerprint density at radius 1 is 1.39 bits per heavy atom. The lowest BCUT2D eigenvalue weighted by Crippen LogP contribution is -2.44. The summed E-state index contributed by atoms with van der Waals surface area (Å²) in [4.78, 5) is 4.17. The van der Waals surface area contributed by atoms with Crippen LogP contribution in [0.1, 0.15) is 36.9 Å². The summed E-state index contributed by atoms with van der Waals surface area (Å²) < 4.78 is 39.8. The number of halogens is 4. The average molecular weight is 322 g/mol. The molecule has 5 heteroatoms. The second kappa shape index (κ2) is 4.83. The van der Waals surface area contributed by atoms with Gasteiger partial charge in [-0.15, -0.1) is 0 Å². The molecule has 1 aliphatic carbocycles. The second-order valence-corrected chi connectivity index (χ2v) is 5.91. The zero-order chi connectivity index (χ0) is 13.4. The molecule has 0 radical (unpaired) electrons. The first-order chi connectivity index (χ1) is 8.34. The summed E-state index contributed by atoms with van der Waals surface area (Å²) in [5.74, 6) is 0. The van der Waals surface area contributed by atoms with Gasteiger partial charge in [-0.25, -0.2) is 0 Å². The van der Waals surface area contributed by atoms with E-state index >= 15 is 0 Å². The molecular formula is C13H15BrF3N. The standard InChI is InChI=1S/C13H15BrF3N/c1-9-7-10(18-8-11(9)14)3-6-12(4-2-5-12)13(15,16)17/h7-8H,2-6H2,1H3. The third-order valence-corrected chi connectivity index (χ3v) is 4.71. The predicted octanol–water partition coefficient (Wildman–Crippen LogP) is 4.82. The summed E-state index contributed by atoms with van der Waals surface area (Å²) in [6.45, 7) is 1.91. The quantitative estimate of drug-likeness (QED) is 0.778. The van der Waals surface area contributed by atoms with Crippen molar-refractivity contribution < 1.29 is 13.2 Å². The minimum atomic E-state index is -4.07. The van der Waals surface area contributed by atoms with Crippen LogP contribution in [0.4, 0.5) is 13.2 Å². The van der Waals surface area contributed by atoms with Crippen LogP contribution in [0.15, 0.2) is 16.7 Å². The Labute approximate surface area is 113 Å². The van der Waals surface area contributed by atoms with Crippen LogP contribution in [-0.4, -0.2) is 11.2 Å². The van der Waals surface area contributed by atoms with Gasteiger partial charge in [-0.05, 0) is 60.2 Å². The van der Waals surface area contributed by atoms with Crippen molar-refractivity contribution in [2.75, 3.05) is 0 Å². The maximum Gasteiger partial charge on any atom is 0.394 e. The van der Waals surface area contributed by atoms with Crippen molar-refractivity contribution in [3.05, 3.63) is 28.0 Å². The van der Waals surface area contributed by atoms with E-state index in [4.69, 9.17) is 0 Å². The van der Waals surface area contributed by atoms with Gasteiger partial charge in [0.25, 0.3) is 0 Å². The molecule has 0 N–H and O–H groups in total. The summed E-state index contributed by atoms with van der Waals surface area (Å²) in [7, 11) is 0. The van der Waals surface area contributed by atoms with Gasteiger partial charge in [-0.2, -0.15) is 13.2 Å². The summed E-state index contributed by atoms with van der Waals surface area (Å²) in [5.41, 5.74) is 0.302. The fourth-order valence-corrected chi connectivity index (χ4v) is 2.60. The maximum absolute atomic E-state index is 13.0. The molecule has 1 nitrogen and oxygen atoms in total. The number of rotatable bonds is 3. The number of hydrogen-bond donors (Lipinski definition) is 0. The minimum absolute atomic E-state index is 0.157. The fourth-order valence-electron chi connectivity index (χ4n) is 2.38. The lowest BCUT2D eigenvalue weighted by atomic mass is 9.65. The topological polar surface area (TPSA) is 12.9 Å². The van der Waals surface area contributed by atoms with Crippen molar-refractivity contribution in [2.24, 2.45) is 5.41 Å². The van der Waals surface area contributed by atoms with Crippen LogP contribution in [0.5, 0.6) is 0 Å². The lowest BCUT2D eigenvalue weighted by molar-refractivity contribution is -0.253. The van der Waals surface area contributed by atoms with E-state index in [-0.39, 0.29) is 19.3 Å². The van der Waals surface area contributed by atoms with E-state index in [1.54, 1.807) is 6.20 Å². The molecule has 0 saturated heterocycles. The monoisotopic (exact) mass is 321 g/mol. The van der Waals surface area contributed by atoms with Crippen LogP contribution in [0.2, 0.25) is 0 Å². The molecule has 0 bridgehead atoms. The largest absolute Gasteiger partial charge is 0.394 e. The van der Waals surface area contributed by atoms with E-state index < -0.39 is 11.6 Å². The Kier molecular flexibility index (Phi) is 3.72. The molecule has 18 heavy (non-hydrogen) atoms. The van der Waals surface area contributed by atoms with Crippen molar-refractivity contribution in [3.63, 3.8) is 0 Å². The van der Waals surface area contributed by atoms with E-state index in [1.165, 1.54) is 0 Å². The molecule has 0 atom stereocenters. The molecule has 0 aliphatic heterocycles. The molecule has 0 aromatic carbocycles. The van der Waals surface area contributed by atoms with Gasteiger partial charge in [0.15, 0.2) is 0 Å². The van der Waals surface area contributed by atoms with Crippen LogP contribution in [0.25, 0.3) is 0 Å². The van der Waals surface area contributed by atoms with Gasteiger partial charge in [-0.1, -0.05) is 6.42 Å². The third kappa shape index (κ3) is 2.56. The molecule has 0 unspecified atom stereocenters. The first-order valence-electron chi connectivity index (χ1n) is 6.02. The molecular weight excluding hydrogens is 307 g/mol. The highest BCUT2D eigenvalue weighted by Gasteiger charge is 2.57. The van der Waals surface area contributed by atoms with Gasteiger partial charge < -0.3 is 0 Å². The Morgan fingerprint density at radius 2 is 2.06 bits per heavy atom. The molecule has 1 saturated carbocycles. The van der Waals surface area contributed by atoms with Crippen LogP contribution in [-0.2, 0) is 6.42 Å². The van der Waals surface area contributed by atoms with Gasteiger partial charge in [0.05, 0.1) is 5.41 Å². The first-order valence-corrected chi connectivity index (χ1v) is 6.81. The van der Waals surface area contributed by atoms with Crippen LogP contribution in [0, 0.1) is 12.3 Å². The van der Waals surface area contributed by atoms with Gasteiger partial charge in [0.1, 0.15) is 0 Å². The van der Waals surface area contributed by atoms with Crippen molar-refractivity contribution in [3.8, 4) is 0 Å². The second-order valence-electron chi connectivity index (χ2n) is 5.06. The molecule has 100 valence electrons.